The van der Waals surface area contributed by atoms with Crippen LogP contribution in [0.1, 0.15) is 29.5 Å². The highest BCUT2D eigenvalue weighted by Gasteiger charge is 2.18. The van der Waals surface area contributed by atoms with Gasteiger partial charge in [-0.1, -0.05) is 60.7 Å². The molecule has 3 heteroatoms. The van der Waals surface area contributed by atoms with Crippen LogP contribution >= 0.6 is 0 Å². The van der Waals surface area contributed by atoms with Gasteiger partial charge in [0.1, 0.15) is 5.82 Å². The molecule has 1 amide bonds. The van der Waals surface area contributed by atoms with E-state index in [4.69, 9.17) is 0 Å². The highest BCUT2D eigenvalue weighted by atomic mass is 19.1. The molecule has 0 bridgehead atoms. The van der Waals surface area contributed by atoms with Crippen LogP contribution in [-0.2, 0) is 4.79 Å². The summed E-state index contributed by atoms with van der Waals surface area (Å²) >= 11 is 0. The number of aryl methyl sites for hydroxylation is 2. The molecule has 0 saturated carbocycles. The standard InChI is InChI=1S/C23H22FNO/c1-15-8-7-9-16(2)22(15)25-23(26)17(3)19-12-13-20(21(24)14-19)18-10-5-4-6-11-18/h4-14,17H,1-3H3,(H,25,26)/t17-/m1/s1. The van der Waals surface area contributed by atoms with Crippen molar-refractivity contribution in [2.75, 3.05) is 5.32 Å². The molecular formula is C23H22FNO. The van der Waals surface area contributed by atoms with Crippen LogP contribution in [0, 0.1) is 19.7 Å². The number of halogens is 1. The molecular weight excluding hydrogens is 325 g/mol. The Bertz CT molecular complexity index is 914. The average Bonchev–Trinajstić information content (AvgIpc) is 2.64. The third-order valence-electron chi connectivity index (χ3n) is 4.70. The molecule has 0 aliphatic rings. The van der Waals surface area contributed by atoms with Gasteiger partial charge in [0.2, 0.25) is 5.91 Å². The van der Waals surface area contributed by atoms with E-state index in [1.165, 1.54) is 6.07 Å². The molecule has 0 saturated heterocycles. The first-order chi connectivity index (χ1) is 12.5. The average molecular weight is 347 g/mol. The van der Waals surface area contributed by atoms with Gasteiger partial charge in [-0.15, -0.1) is 0 Å². The summed E-state index contributed by atoms with van der Waals surface area (Å²) in [4.78, 5) is 12.6. The van der Waals surface area contributed by atoms with Crippen LogP contribution in [0.15, 0.2) is 66.7 Å². The van der Waals surface area contributed by atoms with Crippen molar-refractivity contribution in [3.05, 3.63) is 89.2 Å². The molecule has 0 aliphatic heterocycles. The first-order valence-corrected chi connectivity index (χ1v) is 8.69. The lowest BCUT2D eigenvalue weighted by molar-refractivity contribution is -0.117. The largest absolute Gasteiger partial charge is 0.325 e. The van der Waals surface area contributed by atoms with Crippen molar-refractivity contribution in [1.82, 2.24) is 0 Å². The number of carbonyl (C=O) groups is 1. The summed E-state index contributed by atoms with van der Waals surface area (Å²) in [6.45, 7) is 5.71. The quantitative estimate of drug-likeness (QED) is 0.630. The Balaban J connectivity index is 1.82. The lowest BCUT2D eigenvalue weighted by Gasteiger charge is -2.16. The number of benzene rings is 3. The van der Waals surface area contributed by atoms with Crippen molar-refractivity contribution in [3.8, 4) is 11.1 Å². The van der Waals surface area contributed by atoms with Crippen LogP contribution in [0.5, 0.6) is 0 Å². The molecule has 1 atom stereocenters. The number of carbonyl (C=O) groups excluding carboxylic acids is 1. The summed E-state index contributed by atoms with van der Waals surface area (Å²) in [6, 6.07) is 20.3. The van der Waals surface area contributed by atoms with E-state index in [0.29, 0.717) is 11.1 Å². The Kier molecular flexibility index (Phi) is 5.17. The van der Waals surface area contributed by atoms with Crippen LogP contribution in [0.25, 0.3) is 11.1 Å². The molecule has 0 fully saturated rings. The van der Waals surface area contributed by atoms with Crippen LogP contribution in [0.4, 0.5) is 10.1 Å². The van der Waals surface area contributed by atoms with E-state index in [0.717, 1.165) is 22.4 Å². The molecule has 3 aromatic carbocycles. The topological polar surface area (TPSA) is 29.1 Å². The van der Waals surface area contributed by atoms with Gasteiger partial charge in [-0.05, 0) is 49.1 Å². The summed E-state index contributed by atoms with van der Waals surface area (Å²) in [5.41, 5.74) is 4.87. The summed E-state index contributed by atoms with van der Waals surface area (Å²) in [6.07, 6.45) is 0. The Morgan fingerprint density at radius 1 is 0.923 bits per heavy atom. The third-order valence-corrected chi connectivity index (χ3v) is 4.70. The summed E-state index contributed by atoms with van der Waals surface area (Å²) in [5.74, 6) is -0.914. The number of rotatable bonds is 4. The number of hydrogen-bond acceptors (Lipinski definition) is 1. The van der Waals surface area contributed by atoms with Gasteiger partial charge < -0.3 is 5.32 Å². The van der Waals surface area contributed by atoms with Crippen molar-refractivity contribution in [2.45, 2.75) is 26.7 Å². The third kappa shape index (κ3) is 3.67. The molecule has 132 valence electrons. The summed E-state index contributed by atoms with van der Waals surface area (Å²) < 4.78 is 14.6. The van der Waals surface area contributed by atoms with Gasteiger partial charge in [-0.25, -0.2) is 4.39 Å². The highest BCUT2D eigenvalue weighted by Crippen LogP contribution is 2.27. The van der Waals surface area contributed by atoms with E-state index in [9.17, 15) is 9.18 Å². The Labute approximate surface area is 153 Å². The number of nitrogens with one attached hydrogen (secondary N) is 1. The first-order valence-electron chi connectivity index (χ1n) is 8.69. The maximum absolute atomic E-state index is 14.6. The molecule has 0 heterocycles. The Morgan fingerprint density at radius 3 is 2.19 bits per heavy atom. The minimum Gasteiger partial charge on any atom is -0.325 e. The lowest BCUT2D eigenvalue weighted by Crippen LogP contribution is -2.20. The van der Waals surface area contributed by atoms with Crippen LogP contribution in [0.3, 0.4) is 0 Å². The van der Waals surface area contributed by atoms with E-state index in [1.54, 1.807) is 13.0 Å². The molecule has 0 aliphatic carbocycles. The Hall–Kier alpha value is -2.94. The number of anilines is 1. The van der Waals surface area contributed by atoms with E-state index >= 15 is 0 Å². The number of hydrogen-bond donors (Lipinski definition) is 1. The van der Waals surface area contributed by atoms with Crippen molar-refractivity contribution in [3.63, 3.8) is 0 Å². The van der Waals surface area contributed by atoms with Crippen LogP contribution in [-0.4, -0.2) is 5.91 Å². The second-order valence-electron chi connectivity index (χ2n) is 6.58. The minimum absolute atomic E-state index is 0.144. The molecule has 0 spiro atoms. The number of para-hydroxylation sites is 1. The van der Waals surface area contributed by atoms with Crippen molar-refractivity contribution in [2.24, 2.45) is 0 Å². The van der Waals surface area contributed by atoms with Gasteiger partial charge in [-0.3, -0.25) is 4.79 Å². The molecule has 26 heavy (non-hydrogen) atoms. The second-order valence-corrected chi connectivity index (χ2v) is 6.58. The van der Waals surface area contributed by atoms with Gasteiger partial charge in [0, 0.05) is 11.3 Å². The fraction of sp³-hybridized carbons (Fsp3) is 0.174. The minimum atomic E-state index is -0.451. The van der Waals surface area contributed by atoms with E-state index in [-0.39, 0.29) is 11.7 Å². The zero-order chi connectivity index (χ0) is 18.7. The maximum atomic E-state index is 14.6. The summed E-state index contributed by atoms with van der Waals surface area (Å²) in [7, 11) is 0. The molecule has 0 aromatic heterocycles. The fourth-order valence-corrected chi connectivity index (χ4v) is 3.05. The predicted octanol–water partition coefficient (Wildman–Crippen LogP) is 5.85. The van der Waals surface area contributed by atoms with Gasteiger partial charge in [-0.2, -0.15) is 0 Å². The smallest absolute Gasteiger partial charge is 0.231 e. The fourth-order valence-electron chi connectivity index (χ4n) is 3.05. The van der Waals surface area contributed by atoms with Crippen molar-refractivity contribution < 1.29 is 9.18 Å². The molecule has 3 rings (SSSR count). The van der Waals surface area contributed by atoms with E-state index in [1.807, 2.05) is 68.4 Å². The zero-order valence-electron chi connectivity index (χ0n) is 15.2. The van der Waals surface area contributed by atoms with Crippen LogP contribution in [0.2, 0.25) is 0 Å². The molecule has 0 unspecified atom stereocenters. The van der Waals surface area contributed by atoms with Crippen molar-refractivity contribution in [1.29, 1.82) is 0 Å². The lowest BCUT2D eigenvalue weighted by atomic mass is 9.96. The van der Waals surface area contributed by atoms with Gasteiger partial charge in [0.05, 0.1) is 5.92 Å². The normalized spacial score (nSPS) is 11.8. The number of amides is 1. The van der Waals surface area contributed by atoms with Crippen LogP contribution < -0.4 is 5.32 Å². The summed E-state index contributed by atoms with van der Waals surface area (Å²) in [5, 5.41) is 2.98. The van der Waals surface area contributed by atoms with E-state index in [2.05, 4.69) is 5.32 Å². The highest BCUT2D eigenvalue weighted by molar-refractivity contribution is 5.96. The van der Waals surface area contributed by atoms with Gasteiger partial charge in [0.15, 0.2) is 0 Å². The van der Waals surface area contributed by atoms with Gasteiger partial charge >= 0.3 is 0 Å². The first kappa shape index (κ1) is 17.9. The van der Waals surface area contributed by atoms with Gasteiger partial charge in [0.25, 0.3) is 0 Å². The second kappa shape index (κ2) is 7.52. The Morgan fingerprint density at radius 2 is 1.58 bits per heavy atom. The molecule has 2 nitrogen and oxygen atoms in total. The van der Waals surface area contributed by atoms with E-state index < -0.39 is 5.92 Å². The molecule has 0 radical (unpaired) electrons. The SMILES string of the molecule is Cc1cccc(C)c1NC(=O)[C@H](C)c1ccc(-c2ccccc2)c(F)c1. The molecule has 3 aromatic rings. The maximum Gasteiger partial charge on any atom is 0.231 e. The predicted molar refractivity (Wildman–Crippen MR) is 105 cm³/mol. The molecule has 1 N–H and O–H groups in total. The monoisotopic (exact) mass is 347 g/mol. The zero-order valence-corrected chi connectivity index (χ0v) is 15.2. The van der Waals surface area contributed by atoms with Crippen molar-refractivity contribution >= 4 is 11.6 Å².